The summed E-state index contributed by atoms with van der Waals surface area (Å²) in [6.45, 7) is 1.60. The van der Waals surface area contributed by atoms with Crippen LogP contribution in [0.25, 0.3) is 0 Å². The van der Waals surface area contributed by atoms with Gasteiger partial charge in [0.15, 0.2) is 27.5 Å². The molecule has 0 fully saturated rings. The molecule has 0 amide bonds. The number of pyridine rings is 1. The molecule has 0 unspecified atom stereocenters. The van der Waals surface area contributed by atoms with E-state index in [2.05, 4.69) is 34.3 Å². The summed E-state index contributed by atoms with van der Waals surface area (Å²) in [6.07, 6.45) is 6.67. The first-order chi connectivity index (χ1) is 10.2. The first kappa shape index (κ1) is 16.4. The molecule has 0 radical (unpaired) electrons. The van der Waals surface area contributed by atoms with Crippen LogP contribution in [0.1, 0.15) is 6.92 Å². The molecule has 0 saturated heterocycles. The maximum Gasteiger partial charge on any atom is 0.213 e. The molecule has 0 aromatic carbocycles. The average Bonchev–Trinajstić information content (AvgIpc) is 3.25. The van der Waals surface area contributed by atoms with Crippen LogP contribution in [0.5, 0.6) is 0 Å². The van der Waals surface area contributed by atoms with Crippen LogP contribution >= 0.6 is 0 Å². The molecule has 0 aliphatic heterocycles. The van der Waals surface area contributed by atoms with Crippen molar-refractivity contribution in [3.8, 4) is 0 Å². The van der Waals surface area contributed by atoms with E-state index in [1.54, 1.807) is 19.1 Å². The van der Waals surface area contributed by atoms with Crippen molar-refractivity contribution in [1.29, 1.82) is 0 Å². The predicted octanol–water partition coefficient (Wildman–Crippen LogP) is 1.01. The Bertz CT molecular complexity index is 595. The SMILES string of the molecule is CCS(=O)(=O)c1ccccn1.c1ncon1.c1ncon1. The zero-order valence-corrected chi connectivity index (χ0v) is 11.9. The van der Waals surface area contributed by atoms with Gasteiger partial charge >= 0.3 is 0 Å². The largest absolute Gasteiger partial charge is 0.343 e. The number of nitrogens with zero attached hydrogens (tertiary/aromatic N) is 5. The molecule has 0 bridgehead atoms. The van der Waals surface area contributed by atoms with Crippen LogP contribution in [0.4, 0.5) is 0 Å². The fourth-order valence-electron chi connectivity index (χ4n) is 0.951. The summed E-state index contributed by atoms with van der Waals surface area (Å²) in [6, 6.07) is 4.85. The molecular formula is C11H13N5O4S. The highest BCUT2D eigenvalue weighted by Crippen LogP contribution is 2.04. The Labute approximate surface area is 121 Å². The van der Waals surface area contributed by atoms with Gasteiger partial charge in [-0.3, -0.25) is 0 Å². The minimum Gasteiger partial charge on any atom is -0.343 e. The summed E-state index contributed by atoms with van der Waals surface area (Å²) < 4.78 is 30.7. The van der Waals surface area contributed by atoms with Crippen LogP contribution < -0.4 is 0 Å². The zero-order valence-electron chi connectivity index (χ0n) is 11.1. The van der Waals surface area contributed by atoms with Gasteiger partial charge in [0.25, 0.3) is 0 Å². The molecule has 0 N–H and O–H groups in total. The molecule has 3 aromatic rings. The standard InChI is InChI=1S/C7H9NO2S.2C2H2N2O/c1-2-11(9,10)7-5-3-4-6-8-7;2*1-3-2-5-4-1/h3-6H,2H2,1H3;2*1-2H. The molecule has 21 heavy (non-hydrogen) atoms. The third-order valence-electron chi connectivity index (χ3n) is 1.90. The topological polar surface area (TPSA) is 125 Å². The third kappa shape index (κ3) is 6.92. The molecule has 9 nitrogen and oxygen atoms in total. The normalized spacial score (nSPS) is 9.76. The van der Waals surface area contributed by atoms with E-state index in [9.17, 15) is 8.42 Å². The molecule has 10 heteroatoms. The van der Waals surface area contributed by atoms with Gasteiger partial charge in [-0.2, -0.15) is 0 Å². The van der Waals surface area contributed by atoms with Gasteiger partial charge in [-0.1, -0.05) is 23.3 Å². The fraction of sp³-hybridized carbons (Fsp3) is 0.182. The van der Waals surface area contributed by atoms with Gasteiger partial charge in [0.05, 0.1) is 5.75 Å². The molecule has 0 aliphatic rings. The Kier molecular flexibility index (Phi) is 7.29. The molecule has 3 aromatic heterocycles. The lowest BCUT2D eigenvalue weighted by molar-refractivity contribution is 0.416. The van der Waals surface area contributed by atoms with Crippen molar-refractivity contribution in [3.63, 3.8) is 0 Å². The monoisotopic (exact) mass is 311 g/mol. The van der Waals surface area contributed by atoms with Gasteiger partial charge < -0.3 is 9.05 Å². The second-order valence-corrected chi connectivity index (χ2v) is 5.46. The Morgan fingerprint density at radius 2 is 1.67 bits per heavy atom. The maximum absolute atomic E-state index is 11.1. The van der Waals surface area contributed by atoms with Gasteiger partial charge in [0.1, 0.15) is 0 Å². The summed E-state index contributed by atoms with van der Waals surface area (Å²) in [5.41, 5.74) is 0. The molecular weight excluding hydrogens is 298 g/mol. The van der Waals surface area contributed by atoms with Crippen LogP contribution in [0.2, 0.25) is 0 Å². The van der Waals surface area contributed by atoms with Gasteiger partial charge in [-0.15, -0.1) is 0 Å². The second-order valence-electron chi connectivity index (χ2n) is 3.23. The lowest BCUT2D eigenvalue weighted by Gasteiger charge is -1.96. The van der Waals surface area contributed by atoms with E-state index in [4.69, 9.17) is 0 Å². The van der Waals surface area contributed by atoms with Gasteiger partial charge in [-0.05, 0) is 12.1 Å². The second kappa shape index (κ2) is 9.31. The summed E-state index contributed by atoms with van der Waals surface area (Å²) in [5.74, 6) is 0.101. The van der Waals surface area contributed by atoms with Gasteiger partial charge in [0, 0.05) is 6.20 Å². The number of hydrogen-bond acceptors (Lipinski definition) is 9. The highest BCUT2D eigenvalue weighted by Gasteiger charge is 2.10. The van der Waals surface area contributed by atoms with E-state index in [0.717, 1.165) is 0 Å². The van der Waals surface area contributed by atoms with E-state index in [1.807, 2.05) is 0 Å². The number of hydrogen-bond donors (Lipinski definition) is 0. The smallest absolute Gasteiger partial charge is 0.213 e. The molecule has 0 spiro atoms. The summed E-state index contributed by atoms with van der Waals surface area (Å²) >= 11 is 0. The lowest BCUT2D eigenvalue weighted by atomic mass is 10.5. The first-order valence-electron chi connectivity index (χ1n) is 5.69. The van der Waals surface area contributed by atoms with Crippen LogP contribution in [-0.4, -0.2) is 39.4 Å². The van der Waals surface area contributed by atoms with Crippen molar-refractivity contribution in [2.75, 3.05) is 5.75 Å². The molecule has 3 heterocycles. The van der Waals surface area contributed by atoms with E-state index in [1.165, 1.54) is 37.7 Å². The van der Waals surface area contributed by atoms with Gasteiger partial charge in [-0.25, -0.2) is 23.4 Å². The van der Waals surface area contributed by atoms with Crippen LogP contribution in [0.3, 0.4) is 0 Å². The molecule has 0 saturated carbocycles. The number of rotatable bonds is 2. The van der Waals surface area contributed by atoms with Crippen molar-refractivity contribution in [2.45, 2.75) is 11.9 Å². The fourth-order valence-corrected chi connectivity index (χ4v) is 1.75. The quantitative estimate of drug-likeness (QED) is 0.681. The maximum atomic E-state index is 11.1. The minimum atomic E-state index is -3.11. The molecule has 3 rings (SSSR count). The van der Waals surface area contributed by atoms with Crippen LogP contribution in [-0.2, 0) is 9.84 Å². The Morgan fingerprint density at radius 1 is 1.05 bits per heavy atom. The van der Waals surface area contributed by atoms with Gasteiger partial charge in [0.2, 0.25) is 12.8 Å². The van der Waals surface area contributed by atoms with Crippen molar-refractivity contribution in [2.24, 2.45) is 0 Å². The van der Waals surface area contributed by atoms with Crippen LogP contribution in [0, 0.1) is 0 Å². The van der Waals surface area contributed by atoms with Crippen molar-refractivity contribution < 1.29 is 17.5 Å². The van der Waals surface area contributed by atoms with E-state index in [-0.39, 0.29) is 10.8 Å². The number of sulfone groups is 1. The molecule has 0 aliphatic carbocycles. The molecule has 112 valence electrons. The zero-order chi connectivity index (χ0) is 15.4. The predicted molar refractivity (Wildman–Crippen MR) is 70.6 cm³/mol. The minimum absolute atomic E-state index is 0.101. The summed E-state index contributed by atoms with van der Waals surface area (Å²) in [5, 5.41) is 6.63. The highest BCUT2D eigenvalue weighted by molar-refractivity contribution is 7.91. The highest BCUT2D eigenvalue weighted by atomic mass is 32.2. The van der Waals surface area contributed by atoms with Crippen molar-refractivity contribution in [1.82, 2.24) is 25.3 Å². The van der Waals surface area contributed by atoms with E-state index >= 15 is 0 Å². The third-order valence-corrected chi connectivity index (χ3v) is 3.54. The van der Waals surface area contributed by atoms with E-state index in [0.29, 0.717) is 0 Å². The summed E-state index contributed by atoms with van der Waals surface area (Å²) in [4.78, 5) is 10.6. The summed E-state index contributed by atoms with van der Waals surface area (Å²) in [7, 11) is -3.11. The Morgan fingerprint density at radius 3 is 1.95 bits per heavy atom. The first-order valence-corrected chi connectivity index (χ1v) is 7.34. The van der Waals surface area contributed by atoms with Crippen LogP contribution in [0.15, 0.2) is 63.9 Å². The average molecular weight is 311 g/mol. The lowest BCUT2D eigenvalue weighted by Crippen LogP contribution is -2.05. The number of aromatic nitrogens is 5. The van der Waals surface area contributed by atoms with E-state index < -0.39 is 9.84 Å². The Hall–Kier alpha value is -2.62. The van der Waals surface area contributed by atoms with Crippen molar-refractivity contribution >= 4 is 9.84 Å². The molecule has 0 atom stereocenters. The van der Waals surface area contributed by atoms with Crippen molar-refractivity contribution in [3.05, 3.63) is 49.8 Å². The Balaban J connectivity index is 0.000000181.